The number of fused-ring (bicyclic) bond motifs is 12. The van der Waals surface area contributed by atoms with Gasteiger partial charge in [-0.05, 0) is 177 Å². The van der Waals surface area contributed by atoms with Crippen LogP contribution in [0.3, 0.4) is 0 Å². The zero-order chi connectivity index (χ0) is 82.6. The minimum Gasteiger partial charge on any atom is -0.497 e. The van der Waals surface area contributed by atoms with Crippen molar-refractivity contribution in [2.75, 3.05) is 73.9 Å². The monoisotopic (exact) mass is 1600 g/mol. The van der Waals surface area contributed by atoms with Crippen molar-refractivity contribution in [2.45, 2.75) is 106 Å². The molecular formula is C96H98N8O15. The lowest BCUT2D eigenvalue weighted by Crippen LogP contribution is -2.54. The molecule has 23 heteroatoms. The SMILES string of the molecule is CNC(=O)COc1ccc(C(NC(=O)[C@H](CCCCNC(=O)[C@H](CCCCNC(=O)OCC2c3ccccc3-c3ccccc32)NC(=O)OCC2c3ccccc3-c3ccccc32)NC(=O)[C@H](CCCCNC(=O)OCC2c3ccccc3-c3ccccc32)NC(=O)OCC2c3ccccc3-c3ccccc32)c2ccc(OC)cc2OC)cc1. The maximum Gasteiger partial charge on any atom is 0.407 e. The first-order chi connectivity index (χ1) is 58.2. The van der Waals surface area contributed by atoms with E-state index in [2.05, 4.69) is 78.9 Å². The molecule has 8 amide bonds. The van der Waals surface area contributed by atoms with Crippen LogP contribution in [-0.2, 0) is 38.1 Å². The molecule has 0 aromatic heterocycles. The van der Waals surface area contributed by atoms with E-state index in [1.165, 1.54) is 21.3 Å². The third kappa shape index (κ3) is 19.7. The molecule has 0 saturated heterocycles. The van der Waals surface area contributed by atoms with Gasteiger partial charge in [0.1, 0.15) is 61.8 Å². The summed E-state index contributed by atoms with van der Waals surface area (Å²) in [5, 5.41) is 23.2. The average Bonchev–Trinajstić information content (AvgIpc) is 1.68. The van der Waals surface area contributed by atoms with Crippen LogP contribution in [0.4, 0.5) is 19.2 Å². The number of methoxy groups -OCH3 is 2. The van der Waals surface area contributed by atoms with E-state index >= 15 is 9.59 Å². The number of likely N-dealkylation sites (N-methyl/N-ethyl adjacent to an activating group) is 1. The number of nitrogens with one attached hydrogen (secondary N) is 8. The van der Waals surface area contributed by atoms with Gasteiger partial charge in [-0.3, -0.25) is 19.2 Å². The second-order valence-corrected chi connectivity index (χ2v) is 30.0. The fourth-order valence-corrected chi connectivity index (χ4v) is 16.7. The van der Waals surface area contributed by atoms with Crippen LogP contribution in [0, 0.1) is 0 Å². The quantitative estimate of drug-likeness (QED) is 0.0133. The molecule has 10 aromatic carbocycles. The number of carbonyl (C=O) groups excluding carboxylic acids is 8. The van der Waals surface area contributed by atoms with Crippen LogP contribution in [-0.4, -0.2) is 140 Å². The molecule has 4 aliphatic carbocycles. The maximum absolute atomic E-state index is 15.6. The number of carbonyl (C=O) groups is 8. The van der Waals surface area contributed by atoms with E-state index in [4.69, 9.17) is 33.2 Å². The van der Waals surface area contributed by atoms with E-state index in [0.717, 1.165) is 89.0 Å². The molecule has 0 bridgehead atoms. The van der Waals surface area contributed by atoms with Gasteiger partial charge in [0.15, 0.2) is 6.61 Å². The van der Waals surface area contributed by atoms with Gasteiger partial charge in [0.2, 0.25) is 17.7 Å². The van der Waals surface area contributed by atoms with E-state index in [1.54, 1.807) is 42.5 Å². The minimum absolute atomic E-state index is 0.00596. The van der Waals surface area contributed by atoms with Crippen molar-refractivity contribution >= 4 is 48.0 Å². The number of hydrogen-bond acceptors (Lipinski definition) is 15. The number of hydrogen-bond donors (Lipinski definition) is 8. The Morgan fingerprint density at radius 3 is 1.00 bits per heavy atom. The highest BCUT2D eigenvalue weighted by molar-refractivity contribution is 5.92. The molecule has 4 atom stereocenters. The summed E-state index contributed by atoms with van der Waals surface area (Å²) < 4.78 is 40.9. The van der Waals surface area contributed by atoms with E-state index in [9.17, 15) is 28.8 Å². The molecule has 1 unspecified atom stereocenters. The average molecular weight is 1600 g/mol. The summed E-state index contributed by atoms with van der Waals surface area (Å²) in [5.74, 6) is -1.76. The second kappa shape index (κ2) is 39.5. The van der Waals surface area contributed by atoms with E-state index in [1.807, 2.05) is 158 Å². The highest BCUT2D eigenvalue weighted by atomic mass is 16.6. The van der Waals surface area contributed by atoms with Crippen molar-refractivity contribution in [3.8, 4) is 61.8 Å². The molecule has 0 fully saturated rings. The highest BCUT2D eigenvalue weighted by Gasteiger charge is 2.36. The number of amides is 8. The normalized spacial score (nSPS) is 13.6. The topological polar surface area (TPSA) is 297 Å². The first kappa shape index (κ1) is 82.1. The zero-order valence-corrected chi connectivity index (χ0v) is 66.8. The predicted octanol–water partition coefficient (Wildman–Crippen LogP) is 15.0. The standard InChI is InChI=1S/C96H98N8O15/c1-97-88(105)59-115-61-47-45-60(46-48-61)89(79-50-49-62(113-2)54-87(79)114-3)104-92(108)85(101-91(107)86(103-96(112)119-58-83-77-40-18-10-32-69(77)70-33-11-19-41-78(70)83)44-22-25-53-100-94(110)117-56-81-73-36-14-6-28-65(73)66-29-7-15-37-74(66)81)43-20-23-51-98-90(106)84(102-95(111)118-57-82-75-38-16-8-30-67(75)68-31-9-17-39-76(68)82)42-21-24-52-99-93(109)116-55-80-71-34-12-4-26-63(71)64-27-5-13-35-72(64)80/h4-19,26-41,45-50,54,80-86,89H,20-25,42-44,51-53,55-59H2,1-3H3,(H,97,105)(H,98,106)(H,99,109)(H,100,110)(H,101,107)(H,102,111)(H,103,112)(H,104,108)/t84-,85-,86-,89?/m0/s1. The van der Waals surface area contributed by atoms with Crippen molar-refractivity contribution in [1.29, 1.82) is 0 Å². The van der Waals surface area contributed by atoms with Gasteiger partial charge in [-0.15, -0.1) is 0 Å². The molecule has 0 saturated carbocycles. The van der Waals surface area contributed by atoms with Crippen molar-refractivity contribution in [2.24, 2.45) is 0 Å². The lowest BCUT2D eigenvalue weighted by Gasteiger charge is -2.27. The Morgan fingerprint density at radius 2 is 0.647 bits per heavy atom. The van der Waals surface area contributed by atoms with E-state index in [0.29, 0.717) is 54.1 Å². The van der Waals surface area contributed by atoms with Crippen LogP contribution in [0.5, 0.6) is 17.2 Å². The molecule has 0 heterocycles. The van der Waals surface area contributed by atoms with Gasteiger partial charge in [-0.1, -0.05) is 206 Å². The van der Waals surface area contributed by atoms with Gasteiger partial charge in [0.05, 0.1) is 20.3 Å². The Kier molecular flexibility index (Phi) is 27.2. The molecule has 10 aromatic rings. The lowest BCUT2D eigenvalue weighted by atomic mass is 9.96. The smallest absolute Gasteiger partial charge is 0.407 e. The van der Waals surface area contributed by atoms with Crippen LogP contribution < -0.4 is 56.7 Å². The summed E-state index contributed by atoms with van der Waals surface area (Å²) in [4.78, 5) is 113. The molecular weight excluding hydrogens is 1510 g/mol. The van der Waals surface area contributed by atoms with Crippen LogP contribution in [0.2, 0.25) is 0 Å². The Hall–Kier alpha value is -13.4. The lowest BCUT2D eigenvalue weighted by molar-refractivity contribution is -0.130. The Bertz CT molecular complexity index is 5130. The number of alkyl carbamates (subject to hydrolysis) is 4. The van der Waals surface area contributed by atoms with Crippen molar-refractivity contribution in [3.63, 3.8) is 0 Å². The van der Waals surface area contributed by atoms with Crippen LogP contribution >= 0.6 is 0 Å². The first-order valence-electron chi connectivity index (χ1n) is 40.7. The number of rotatable bonds is 37. The van der Waals surface area contributed by atoms with E-state index in [-0.39, 0.29) is 114 Å². The molecule has 612 valence electrons. The van der Waals surface area contributed by atoms with E-state index < -0.39 is 66.3 Å². The Morgan fingerprint density at radius 1 is 0.328 bits per heavy atom. The van der Waals surface area contributed by atoms with Crippen molar-refractivity contribution in [1.82, 2.24) is 42.5 Å². The Labute approximate surface area is 692 Å². The van der Waals surface area contributed by atoms with Crippen molar-refractivity contribution < 1.29 is 71.5 Å². The third-order valence-electron chi connectivity index (χ3n) is 22.7. The molecule has 0 aliphatic heterocycles. The number of benzene rings is 10. The molecule has 0 radical (unpaired) electrons. The largest absolute Gasteiger partial charge is 0.497 e. The number of ether oxygens (including phenoxy) is 7. The zero-order valence-electron chi connectivity index (χ0n) is 66.8. The fourth-order valence-electron chi connectivity index (χ4n) is 16.7. The predicted molar refractivity (Wildman–Crippen MR) is 452 cm³/mol. The van der Waals surface area contributed by atoms with Crippen LogP contribution in [0.15, 0.2) is 237 Å². The third-order valence-corrected chi connectivity index (χ3v) is 22.7. The van der Waals surface area contributed by atoms with Gasteiger partial charge in [0, 0.05) is 62.0 Å². The summed E-state index contributed by atoms with van der Waals surface area (Å²) in [5.41, 5.74) is 18.0. The highest BCUT2D eigenvalue weighted by Crippen LogP contribution is 2.49. The minimum atomic E-state index is -1.30. The summed E-state index contributed by atoms with van der Waals surface area (Å²) in [6.45, 7) is 0.451. The molecule has 23 nitrogen and oxygen atoms in total. The summed E-state index contributed by atoms with van der Waals surface area (Å²) >= 11 is 0. The molecule has 8 N–H and O–H groups in total. The van der Waals surface area contributed by atoms with Gasteiger partial charge in [-0.25, -0.2) is 19.2 Å². The molecule has 0 spiro atoms. The van der Waals surface area contributed by atoms with Gasteiger partial charge < -0.3 is 75.7 Å². The van der Waals surface area contributed by atoms with Gasteiger partial charge in [0.25, 0.3) is 5.91 Å². The molecule has 14 rings (SSSR count). The van der Waals surface area contributed by atoms with Crippen LogP contribution in [0.1, 0.15) is 143 Å². The first-order valence-corrected chi connectivity index (χ1v) is 40.7. The number of unbranched alkanes of at least 4 members (excludes halogenated alkanes) is 3. The summed E-state index contributed by atoms with van der Waals surface area (Å²) in [6, 6.07) is 71.6. The molecule has 4 aliphatic rings. The summed E-state index contributed by atoms with van der Waals surface area (Å²) in [7, 11) is 4.52. The molecule has 119 heavy (non-hydrogen) atoms. The van der Waals surface area contributed by atoms with Gasteiger partial charge in [-0.2, -0.15) is 0 Å². The fraction of sp³-hybridized carbons (Fsp3) is 0.292. The Balaban J connectivity index is 0.668. The maximum atomic E-state index is 15.6. The second-order valence-electron chi connectivity index (χ2n) is 30.0. The van der Waals surface area contributed by atoms with Crippen molar-refractivity contribution in [3.05, 3.63) is 292 Å². The van der Waals surface area contributed by atoms with Gasteiger partial charge >= 0.3 is 24.4 Å². The summed E-state index contributed by atoms with van der Waals surface area (Å²) in [6.07, 6.45) is -0.610. The van der Waals surface area contributed by atoms with Crippen LogP contribution in [0.25, 0.3) is 44.5 Å².